The van der Waals surface area contributed by atoms with Gasteiger partial charge in [0.25, 0.3) is 0 Å². The van der Waals surface area contributed by atoms with Gasteiger partial charge in [-0.2, -0.15) is 0 Å². The van der Waals surface area contributed by atoms with Crippen LogP contribution in [-0.2, 0) is 4.79 Å². The van der Waals surface area contributed by atoms with Gasteiger partial charge < -0.3 is 16.2 Å². The summed E-state index contributed by atoms with van der Waals surface area (Å²) in [5.74, 6) is 0.234. The lowest BCUT2D eigenvalue weighted by Gasteiger charge is -2.13. The van der Waals surface area contributed by atoms with Gasteiger partial charge >= 0.3 is 0 Å². The second-order valence-electron chi connectivity index (χ2n) is 3.25. The molecule has 4 nitrogen and oxygen atoms in total. The van der Waals surface area contributed by atoms with Gasteiger partial charge in [0.2, 0.25) is 5.91 Å². The fourth-order valence-electron chi connectivity index (χ4n) is 0.925. The van der Waals surface area contributed by atoms with Crippen molar-refractivity contribution in [1.29, 1.82) is 0 Å². The molecule has 0 aromatic rings. The maximum absolute atomic E-state index is 11.1. The number of amides is 1. The Morgan fingerprint density at radius 1 is 1.54 bits per heavy atom. The normalized spacial score (nSPS) is 12.1. The number of hydrogen-bond acceptors (Lipinski definition) is 3. The number of carbonyl (C=O) groups is 1. The summed E-state index contributed by atoms with van der Waals surface area (Å²) in [5.41, 5.74) is 5.57. The molecule has 0 rings (SSSR count). The van der Waals surface area contributed by atoms with E-state index in [9.17, 15) is 4.79 Å². The quantitative estimate of drug-likeness (QED) is 0.593. The lowest BCUT2D eigenvalue weighted by atomic mass is 10.0. The highest BCUT2D eigenvalue weighted by atomic mass is 35.5. The third-order valence-electron chi connectivity index (χ3n) is 1.47. The van der Waals surface area contributed by atoms with Gasteiger partial charge in [0.1, 0.15) is 0 Å². The summed E-state index contributed by atoms with van der Waals surface area (Å²) in [7, 11) is 0. The summed E-state index contributed by atoms with van der Waals surface area (Å²) >= 11 is 0. The number of aliphatic hydroxyl groups excluding tert-OH is 1. The van der Waals surface area contributed by atoms with Crippen molar-refractivity contribution in [3.63, 3.8) is 0 Å². The molecule has 0 radical (unpaired) electrons. The van der Waals surface area contributed by atoms with Gasteiger partial charge in [-0.1, -0.05) is 13.8 Å². The van der Waals surface area contributed by atoms with Gasteiger partial charge in [0, 0.05) is 6.54 Å². The molecule has 5 heteroatoms. The number of nitrogens with two attached hydrogens (primary N) is 1. The van der Waals surface area contributed by atoms with Crippen LogP contribution in [-0.4, -0.2) is 30.2 Å². The van der Waals surface area contributed by atoms with Crippen molar-refractivity contribution in [2.24, 2.45) is 11.7 Å². The molecule has 1 atom stereocenters. The van der Waals surface area contributed by atoms with E-state index >= 15 is 0 Å². The van der Waals surface area contributed by atoms with E-state index < -0.39 is 6.04 Å². The molecule has 0 saturated carbocycles. The topological polar surface area (TPSA) is 75.4 Å². The van der Waals surface area contributed by atoms with Gasteiger partial charge in [0.05, 0.1) is 12.6 Å². The lowest BCUT2D eigenvalue weighted by Crippen LogP contribution is -2.42. The smallest absolute Gasteiger partial charge is 0.237 e. The fraction of sp³-hybridized carbons (Fsp3) is 0.875. The minimum absolute atomic E-state index is 0. The first-order valence-corrected chi connectivity index (χ1v) is 4.22. The lowest BCUT2D eigenvalue weighted by molar-refractivity contribution is -0.122. The fourth-order valence-corrected chi connectivity index (χ4v) is 0.925. The van der Waals surface area contributed by atoms with Crippen LogP contribution < -0.4 is 11.1 Å². The van der Waals surface area contributed by atoms with E-state index in [2.05, 4.69) is 5.32 Å². The van der Waals surface area contributed by atoms with Crippen molar-refractivity contribution < 1.29 is 9.90 Å². The van der Waals surface area contributed by atoms with Crippen LogP contribution in [0.2, 0.25) is 0 Å². The van der Waals surface area contributed by atoms with Gasteiger partial charge in [-0.25, -0.2) is 0 Å². The van der Waals surface area contributed by atoms with Crippen molar-refractivity contribution >= 4 is 18.3 Å². The van der Waals surface area contributed by atoms with Crippen molar-refractivity contribution in [3.8, 4) is 0 Å². The van der Waals surface area contributed by atoms with Gasteiger partial charge in [-0.3, -0.25) is 4.79 Å². The van der Waals surface area contributed by atoms with E-state index in [4.69, 9.17) is 10.8 Å². The molecule has 0 heterocycles. The second kappa shape index (κ2) is 8.29. The molecule has 0 aliphatic carbocycles. The standard InChI is InChI=1S/C8H18N2O2.ClH/c1-6(2)5-7(9)8(12)10-3-4-11;/h6-7,11H,3-5,9H2,1-2H3,(H,10,12);1H. The highest BCUT2D eigenvalue weighted by Crippen LogP contribution is 2.01. The van der Waals surface area contributed by atoms with Crippen LogP contribution in [0, 0.1) is 5.92 Å². The van der Waals surface area contributed by atoms with Crippen molar-refractivity contribution in [2.45, 2.75) is 26.3 Å². The summed E-state index contributed by atoms with van der Waals surface area (Å²) in [5, 5.41) is 10.9. The molecule has 1 unspecified atom stereocenters. The van der Waals surface area contributed by atoms with E-state index in [-0.39, 0.29) is 31.5 Å². The first-order valence-electron chi connectivity index (χ1n) is 4.22. The zero-order valence-electron chi connectivity index (χ0n) is 8.12. The highest BCUT2D eigenvalue weighted by molar-refractivity contribution is 5.85. The predicted molar refractivity (Wildman–Crippen MR) is 54.8 cm³/mol. The predicted octanol–water partition coefficient (Wildman–Crippen LogP) is -0.110. The average molecular weight is 211 g/mol. The molecule has 0 fully saturated rings. The number of nitrogens with one attached hydrogen (secondary N) is 1. The Bertz CT molecular complexity index is 142. The van der Waals surface area contributed by atoms with Crippen LogP contribution in [0.1, 0.15) is 20.3 Å². The van der Waals surface area contributed by atoms with Crippen LogP contribution in [0.4, 0.5) is 0 Å². The third kappa shape index (κ3) is 8.02. The minimum atomic E-state index is -0.448. The Balaban J connectivity index is 0. The monoisotopic (exact) mass is 210 g/mol. The molecule has 0 bridgehead atoms. The van der Waals surface area contributed by atoms with Gasteiger partial charge in [-0.05, 0) is 12.3 Å². The first-order chi connectivity index (χ1) is 5.57. The van der Waals surface area contributed by atoms with E-state index in [0.29, 0.717) is 12.3 Å². The maximum atomic E-state index is 11.1. The number of carbonyl (C=O) groups excluding carboxylic acids is 1. The number of halogens is 1. The number of rotatable bonds is 5. The summed E-state index contributed by atoms with van der Waals surface area (Å²) < 4.78 is 0. The largest absolute Gasteiger partial charge is 0.395 e. The number of hydrogen-bond donors (Lipinski definition) is 3. The summed E-state index contributed by atoms with van der Waals surface area (Å²) in [6, 6.07) is -0.448. The molecule has 0 aliphatic rings. The molecule has 0 aromatic carbocycles. The van der Waals surface area contributed by atoms with E-state index in [0.717, 1.165) is 0 Å². The van der Waals surface area contributed by atoms with Crippen LogP contribution in [0.15, 0.2) is 0 Å². The molecule has 80 valence electrons. The summed E-state index contributed by atoms with van der Waals surface area (Å²) in [6.45, 7) is 4.27. The van der Waals surface area contributed by atoms with Crippen molar-refractivity contribution in [3.05, 3.63) is 0 Å². The van der Waals surface area contributed by atoms with Crippen molar-refractivity contribution in [1.82, 2.24) is 5.32 Å². The van der Waals surface area contributed by atoms with Crippen LogP contribution >= 0.6 is 12.4 Å². The Hall–Kier alpha value is -0.320. The van der Waals surface area contributed by atoms with E-state index in [1.54, 1.807) is 0 Å². The minimum Gasteiger partial charge on any atom is -0.395 e. The highest BCUT2D eigenvalue weighted by Gasteiger charge is 2.13. The zero-order valence-corrected chi connectivity index (χ0v) is 8.93. The molecular weight excluding hydrogens is 192 g/mol. The Morgan fingerprint density at radius 3 is 2.46 bits per heavy atom. The van der Waals surface area contributed by atoms with Gasteiger partial charge in [-0.15, -0.1) is 12.4 Å². The zero-order chi connectivity index (χ0) is 9.56. The Morgan fingerprint density at radius 2 is 2.08 bits per heavy atom. The summed E-state index contributed by atoms with van der Waals surface area (Å²) in [4.78, 5) is 11.1. The molecule has 0 saturated heterocycles. The SMILES string of the molecule is CC(C)CC(N)C(=O)NCCO.Cl. The van der Waals surface area contributed by atoms with E-state index in [1.807, 2.05) is 13.8 Å². The molecule has 13 heavy (non-hydrogen) atoms. The van der Waals surface area contributed by atoms with Gasteiger partial charge in [0.15, 0.2) is 0 Å². The molecule has 0 spiro atoms. The molecule has 1 amide bonds. The molecule has 0 aromatic heterocycles. The Labute approximate surface area is 85.3 Å². The van der Waals surface area contributed by atoms with E-state index in [1.165, 1.54) is 0 Å². The Kier molecular flexibility index (Phi) is 9.67. The molecule has 4 N–H and O–H groups in total. The summed E-state index contributed by atoms with van der Waals surface area (Å²) in [6.07, 6.45) is 0.678. The van der Waals surface area contributed by atoms with Crippen molar-refractivity contribution in [2.75, 3.05) is 13.2 Å². The molecule has 0 aliphatic heterocycles. The van der Waals surface area contributed by atoms with Crippen LogP contribution in [0.25, 0.3) is 0 Å². The first kappa shape index (κ1) is 15.2. The van der Waals surface area contributed by atoms with Crippen LogP contribution in [0.5, 0.6) is 0 Å². The maximum Gasteiger partial charge on any atom is 0.237 e. The second-order valence-corrected chi connectivity index (χ2v) is 3.25. The third-order valence-corrected chi connectivity index (χ3v) is 1.47. The average Bonchev–Trinajstić information content (AvgIpc) is 1.98. The molecular formula is C8H19ClN2O2. The number of aliphatic hydroxyl groups is 1. The van der Waals surface area contributed by atoms with Crippen LogP contribution in [0.3, 0.4) is 0 Å².